The van der Waals surface area contributed by atoms with Crippen LogP contribution < -0.4 is 10.6 Å². The largest absolute Gasteiger partial charge is 0.350 e. The normalized spacial score (nSPS) is 23.5. The van der Waals surface area contributed by atoms with Crippen LogP contribution in [-0.4, -0.2) is 60.6 Å². The van der Waals surface area contributed by atoms with Crippen molar-refractivity contribution < 1.29 is 22.8 Å². The van der Waals surface area contributed by atoms with Crippen molar-refractivity contribution >= 4 is 27.9 Å². The SMILES string of the molecule is CCC1CCC2(CC1)NC(=O)N(CC(=O)NCc1ccc(S(=O)(=O)N(C)C(C)C)cc1)C2=O. The van der Waals surface area contributed by atoms with Gasteiger partial charge in [-0.1, -0.05) is 25.5 Å². The molecule has 4 amide bonds. The van der Waals surface area contributed by atoms with Crippen LogP contribution in [0.2, 0.25) is 0 Å². The minimum atomic E-state index is -3.58. The van der Waals surface area contributed by atoms with E-state index < -0.39 is 27.5 Å². The molecule has 1 spiro atoms. The molecule has 1 aliphatic carbocycles. The maximum atomic E-state index is 12.9. The summed E-state index contributed by atoms with van der Waals surface area (Å²) >= 11 is 0. The molecule has 1 heterocycles. The molecule has 9 nitrogen and oxygen atoms in total. The minimum absolute atomic E-state index is 0.159. The van der Waals surface area contributed by atoms with Crippen LogP contribution in [0, 0.1) is 5.92 Å². The molecule has 0 unspecified atom stereocenters. The van der Waals surface area contributed by atoms with Crippen molar-refractivity contribution in [1.82, 2.24) is 19.8 Å². The van der Waals surface area contributed by atoms with Gasteiger partial charge in [0.25, 0.3) is 5.91 Å². The number of carbonyl (C=O) groups excluding carboxylic acids is 3. The summed E-state index contributed by atoms with van der Waals surface area (Å²) in [6, 6.07) is 5.59. The molecule has 2 N–H and O–H groups in total. The number of amides is 4. The summed E-state index contributed by atoms with van der Waals surface area (Å²) in [4.78, 5) is 39.0. The summed E-state index contributed by atoms with van der Waals surface area (Å²) in [5, 5.41) is 5.53. The van der Waals surface area contributed by atoms with E-state index in [1.165, 1.54) is 23.5 Å². The first kappa shape index (κ1) is 25.2. The van der Waals surface area contributed by atoms with Crippen molar-refractivity contribution in [2.24, 2.45) is 5.92 Å². The maximum Gasteiger partial charge on any atom is 0.325 e. The summed E-state index contributed by atoms with van der Waals surface area (Å²) in [5.74, 6) is -0.195. The highest BCUT2D eigenvalue weighted by Gasteiger charge is 2.52. The fourth-order valence-electron chi connectivity index (χ4n) is 4.36. The molecule has 0 atom stereocenters. The van der Waals surface area contributed by atoms with Gasteiger partial charge in [-0.15, -0.1) is 0 Å². The van der Waals surface area contributed by atoms with Gasteiger partial charge in [-0.2, -0.15) is 4.31 Å². The Morgan fingerprint density at radius 2 is 1.82 bits per heavy atom. The third-order valence-corrected chi connectivity index (χ3v) is 8.95. The zero-order valence-electron chi connectivity index (χ0n) is 19.8. The zero-order valence-corrected chi connectivity index (χ0v) is 20.6. The van der Waals surface area contributed by atoms with Crippen molar-refractivity contribution in [2.45, 2.75) is 75.9 Å². The summed E-state index contributed by atoms with van der Waals surface area (Å²) < 4.78 is 26.4. The van der Waals surface area contributed by atoms with Crippen LogP contribution in [0.3, 0.4) is 0 Å². The molecule has 1 aromatic carbocycles. The summed E-state index contributed by atoms with van der Waals surface area (Å²) in [5.41, 5.74) is -0.158. The number of hydrogen-bond acceptors (Lipinski definition) is 5. The van der Waals surface area contributed by atoms with Gasteiger partial charge < -0.3 is 10.6 Å². The van der Waals surface area contributed by atoms with Crippen LogP contribution in [0.25, 0.3) is 0 Å². The number of hydrogen-bond donors (Lipinski definition) is 2. The Balaban J connectivity index is 1.55. The van der Waals surface area contributed by atoms with E-state index in [1.807, 2.05) is 0 Å². The third kappa shape index (κ3) is 5.22. The molecule has 33 heavy (non-hydrogen) atoms. The van der Waals surface area contributed by atoms with Gasteiger partial charge in [-0.3, -0.25) is 14.5 Å². The lowest BCUT2D eigenvalue weighted by atomic mass is 9.75. The van der Waals surface area contributed by atoms with Crippen LogP contribution in [0.5, 0.6) is 0 Å². The van der Waals surface area contributed by atoms with Crippen molar-refractivity contribution in [1.29, 1.82) is 0 Å². The molecule has 1 aliphatic heterocycles. The van der Waals surface area contributed by atoms with Crippen molar-refractivity contribution in [3.05, 3.63) is 29.8 Å². The van der Waals surface area contributed by atoms with Crippen LogP contribution in [0.15, 0.2) is 29.2 Å². The molecule has 1 saturated heterocycles. The Morgan fingerprint density at radius 3 is 2.36 bits per heavy atom. The third-order valence-electron chi connectivity index (χ3n) is 6.90. The number of nitrogens with one attached hydrogen (secondary N) is 2. The number of urea groups is 1. The number of rotatable bonds is 8. The highest BCUT2D eigenvalue weighted by molar-refractivity contribution is 7.89. The number of nitrogens with zero attached hydrogens (tertiary/aromatic N) is 2. The summed E-state index contributed by atoms with van der Waals surface area (Å²) in [6.07, 6.45) is 4.05. The fraction of sp³-hybridized carbons (Fsp3) is 0.609. The lowest BCUT2D eigenvalue weighted by Gasteiger charge is -2.34. The smallest absolute Gasteiger partial charge is 0.325 e. The quantitative estimate of drug-likeness (QED) is 0.556. The highest BCUT2D eigenvalue weighted by atomic mass is 32.2. The Bertz CT molecular complexity index is 998. The molecular formula is C23H34N4O5S. The summed E-state index contributed by atoms with van der Waals surface area (Å²) in [7, 11) is -2.04. The first-order valence-electron chi connectivity index (χ1n) is 11.5. The second kappa shape index (κ2) is 9.80. The van der Waals surface area contributed by atoms with E-state index in [0.717, 1.165) is 24.2 Å². The predicted molar refractivity (Wildman–Crippen MR) is 124 cm³/mol. The lowest BCUT2D eigenvalue weighted by Crippen LogP contribution is -2.50. The number of benzene rings is 1. The second-order valence-corrected chi connectivity index (χ2v) is 11.3. The molecule has 2 aliphatic rings. The van der Waals surface area contributed by atoms with E-state index >= 15 is 0 Å². The Morgan fingerprint density at radius 1 is 1.21 bits per heavy atom. The van der Waals surface area contributed by atoms with E-state index in [9.17, 15) is 22.8 Å². The average Bonchev–Trinajstić information content (AvgIpc) is 3.01. The van der Waals surface area contributed by atoms with Gasteiger partial charge in [0.1, 0.15) is 12.1 Å². The van der Waals surface area contributed by atoms with Crippen LogP contribution in [0.4, 0.5) is 4.79 Å². The molecule has 10 heteroatoms. The van der Waals surface area contributed by atoms with E-state index in [4.69, 9.17) is 0 Å². The first-order valence-corrected chi connectivity index (χ1v) is 12.9. The fourth-order valence-corrected chi connectivity index (χ4v) is 5.73. The number of sulfonamides is 1. The summed E-state index contributed by atoms with van der Waals surface area (Å²) in [6.45, 7) is 5.54. The Kier molecular flexibility index (Phi) is 7.48. The standard InChI is InChI=1S/C23H34N4O5S/c1-5-17-10-12-23(13-11-17)21(29)27(22(30)25-23)15-20(28)24-14-18-6-8-19(9-7-18)33(31,32)26(4)16(2)3/h6-9,16-17H,5,10-15H2,1-4H3,(H,24,28)(H,25,30). The van der Waals surface area contributed by atoms with E-state index in [1.54, 1.807) is 26.0 Å². The molecule has 0 aromatic heterocycles. The van der Waals surface area contributed by atoms with Crippen molar-refractivity contribution in [3.8, 4) is 0 Å². The monoisotopic (exact) mass is 478 g/mol. The van der Waals surface area contributed by atoms with E-state index in [2.05, 4.69) is 17.6 Å². The molecule has 0 radical (unpaired) electrons. The molecule has 182 valence electrons. The molecule has 2 fully saturated rings. The lowest BCUT2D eigenvalue weighted by molar-refractivity contribution is -0.136. The van der Waals surface area contributed by atoms with Crippen LogP contribution in [-0.2, 0) is 26.2 Å². The van der Waals surface area contributed by atoms with Gasteiger partial charge in [-0.25, -0.2) is 13.2 Å². The second-order valence-electron chi connectivity index (χ2n) is 9.29. The molecule has 3 rings (SSSR count). The zero-order chi connectivity index (χ0) is 24.4. The van der Waals surface area contributed by atoms with Crippen LogP contribution >= 0.6 is 0 Å². The maximum absolute atomic E-state index is 12.9. The van der Waals surface area contributed by atoms with Gasteiger partial charge in [0, 0.05) is 19.6 Å². The Hall–Kier alpha value is -2.46. The number of imide groups is 1. The highest BCUT2D eigenvalue weighted by Crippen LogP contribution is 2.37. The van der Waals surface area contributed by atoms with E-state index in [0.29, 0.717) is 24.3 Å². The van der Waals surface area contributed by atoms with Crippen LogP contribution in [0.1, 0.15) is 58.4 Å². The van der Waals surface area contributed by atoms with Gasteiger partial charge in [0.15, 0.2) is 0 Å². The van der Waals surface area contributed by atoms with Crippen molar-refractivity contribution in [3.63, 3.8) is 0 Å². The topological polar surface area (TPSA) is 116 Å². The molecule has 1 aromatic rings. The predicted octanol–water partition coefficient (Wildman–Crippen LogP) is 2.22. The van der Waals surface area contributed by atoms with E-state index in [-0.39, 0.29) is 29.9 Å². The Labute approximate surface area is 195 Å². The average molecular weight is 479 g/mol. The van der Waals surface area contributed by atoms with Gasteiger partial charge in [0.2, 0.25) is 15.9 Å². The van der Waals surface area contributed by atoms with Crippen molar-refractivity contribution in [2.75, 3.05) is 13.6 Å². The molecular weight excluding hydrogens is 444 g/mol. The molecule has 1 saturated carbocycles. The first-order chi connectivity index (χ1) is 15.5. The van der Waals surface area contributed by atoms with Gasteiger partial charge >= 0.3 is 6.03 Å². The minimum Gasteiger partial charge on any atom is -0.350 e. The molecule has 0 bridgehead atoms. The number of carbonyl (C=O) groups is 3. The van der Waals surface area contributed by atoms with Gasteiger partial charge in [-0.05, 0) is 63.1 Å². The van der Waals surface area contributed by atoms with Gasteiger partial charge in [0.05, 0.1) is 4.90 Å².